The third kappa shape index (κ3) is 6.91. The van der Waals surface area contributed by atoms with Crippen molar-refractivity contribution >= 4 is 58.1 Å². The van der Waals surface area contributed by atoms with Crippen LogP contribution in [0.5, 0.6) is 0 Å². The Bertz CT molecular complexity index is 874. The number of hydrogen-bond acceptors (Lipinski definition) is 3. The summed E-state index contributed by atoms with van der Waals surface area (Å²) in [6.07, 6.45) is 1.98. The quantitative estimate of drug-likeness (QED) is 0.393. The van der Waals surface area contributed by atoms with Crippen molar-refractivity contribution in [1.82, 2.24) is 16.0 Å². The van der Waals surface area contributed by atoms with E-state index in [0.29, 0.717) is 38.4 Å². The van der Waals surface area contributed by atoms with Crippen LogP contribution in [0.3, 0.4) is 0 Å². The Labute approximate surface area is 196 Å². The van der Waals surface area contributed by atoms with Gasteiger partial charge in [-0.2, -0.15) is 0 Å². The van der Waals surface area contributed by atoms with E-state index in [2.05, 4.69) is 21.3 Å². The van der Waals surface area contributed by atoms with Crippen LogP contribution in [0.15, 0.2) is 36.4 Å². The number of carbonyl (C=O) groups excluding carboxylic acids is 1. The second kappa shape index (κ2) is 11.4. The van der Waals surface area contributed by atoms with Crippen LogP contribution < -0.4 is 21.3 Å². The molecule has 1 saturated heterocycles. The summed E-state index contributed by atoms with van der Waals surface area (Å²) in [7, 11) is 0. The van der Waals surface area contributed by atoms with Gasteiger partial charge in [-0.1, -0.05) is 52.5 Å². The highest BCUT2D eigenvalue weighted by Crippen LogP contribution is 2.28. The lowest BCUT2D eigenvalue weighted by atomic mass is 9.95. The Morgan fingerprint density at radius 2 is 1.77 bits per heavy atom. The molecule has 2 atom stereocenters. The van der Waals surface area contributed by atoms with Gasteiger partial charge in [0.1, 0.15) is 0 Å². The molecule has 2 aromatic rings. The van der Waals surface area contributed by atoms with Crippen molar-refractivity contribution in [3.05, 3.63) is 62.1 Å². The van der Waals surface area contributed by atoms with Crippen molar-refractivity contribution < 1.29 is 4.79 Å². The molecular weight excluding hydrogens is 466 g/mol. The van der Waals surface area contributed by atoms with Gasteiger partial charge in [0.05, 0.1) is 20.1 Å². The zero-order chi connectivity index (χ0) is 21.5. The van der Waals surface area contributed by atoms with Gasteiger partial charge in [0.15, 0.2) is 0 Å². The maximum absolute atomic E-state index is 12.4. The normalized spacial score (nSPS) is 17.0. The molecule has 30 heavy (non-hydrogen) atoms. The molecule has 0 aliphatic carbocycles. The maximum Gasteiger partial charge on any atom is 0.319 e. The summed E-state index contributed by atoms with van der Waals surface area (Å²) in [5, 5.41) is 14.5. The minimum atomic E-state index is -0.314. The van der Waals surface area contributed by atoms with Gasteiger partial charge in [0.2, 0.25) is 0 Å². The summed E-state index contributed by atoms with van der Waals surface area (Å²) in [6.45, 7) is 3.33. The first-order valence-corrected chi connectivity index (χ1v) is 11.3. The number of benzene rings is 2. The minimum absolute atomic E-state index is 0.0844. The number of rotatable bonds is 8. The van der Waals surface area contributed by atoms with E-state index in [1.165, 1.54) is 0 Å². The molecule has 3 rings (SSSR count). The number of urea groups is 1. The van der Waals surface area contributed by atoms with Gasteiger partial charge in [0.25, 0.3) is 0 Å². The smallest absolute Gasteiger partial charge is 0.319 e. The Morgan fingerprint density at radius 1 is 1.03 bits per heavy atom. The summed E-state index contributed by atoms with van der Waals surface area (Å²) >= 11 is 24.2. The molecule has 9 heteroatoms. The SMILES string of the molecule is O=C(NCC(CCNC1CCNC1)c1ccc(Cl)c(Cl)c1)Nc1ccc(Cl)c(Cl)c1. The lowest BCUT2D eigenvalue weighted by Gasteiger charge is -2.20. The van der Waals surface area contributed by atoms with Crippen LogP contribution in [0.4, 0.5) is 10.5 Å². The van der Waals surface area contributed by atoms with Crippen LogP contribution in [0.25, 0.3) is 0 Å². The van der Waals surface area contributed by atoms with Crippen molar-refractivity contribution in [2.75, 3.05) is 31.5 Å². The van der Waals surface area contributed by atoms with E-state index < -0.39 is 0 Å². The average molecular weight is 490 g/mol. The molecule has 5 nitrogen and oxygen atoms in total. The van der Waals surface area contributed by atoms with E-state index in [4.69, 9.17) is 46.4 Å². The predicted molar refractivity (Wildman–Crippen MR) is 127 cm³/mol. The van der Waals surface area contributed by atoms with E-state index in [0.717, 1.165) is 38.0 Å². The molecule has 1 fully saturated rings. The average Bonchev–Trinajstić information content (AvgIpc) is 3.23. The largest absolute Gasteiger partial charge is 0.337 e. The maximum atomic E-state index is 12.4. The number of nitrogens with one attached hydrogen (secondary N) is 4. The Hall–Kier alpha value is -1.21. The molecule has 4 N–H and O–H groups in total. The molecule has 0 bridgehead atoms. The zero-order valence-corrected chi connectivity index (χ0v) is 19.3. The number of halogens is 4. The van der Waals surface area contributed by atoms with Gasteiger partial charge in [0, 0.05) is 30.7 Å². The van der Waals surface area contributed by atoms with Crippen LogP contribution in [0.1, 0.15) is 24.3 Å². The first-order valence-electron chi connectivity index (χ1n) is 9.81. The Balaban J connectivity index is 1.59. The van der Waals surface area contributed by atoms with Gasteiger partial charge >= 0.3 is 6.03 Å². The molecule has 2 unspecified atom stereocenters. The molecule has 0 radical (unpaired) electrons. The molecule has 2 aromatic carbocycles. The zero-order valence-electron chi connectivity index (χ0n) is 16.3. The molecular formula is C21H24Cl4N4O. The van der Waals surface area contributed by atoms with Crippen molar-refractivity contribution in [1.29, 1.82) is 0 Å². The van der Waals surface area contributed by atoms with Gasteiger partial charge < -0.3 is 21.3 Å². The van der Waals surface area contributed by atoms with E-state index in [-0.39, 0.29) is 11.9 Å². The van der Waals surface area contributed by atoms with E-state index in [1.54, 1.807) is 24.3 Å². The topological polar surface area (TPSA) is 65.2 Å². The van der Waals surface area contributed by atoms with E-state index in [9.17, 15) is 4.79 Å². The number of hydrogen-bond donors (Lipinski definition) is 4. The lowest BCUT2D eigenvalue weighted by Crippen LogP contribution is -2.35. The third-order valence-electron chi connectivity index (χ3n) is 5.09. The van der Waals surface area contributed by atoms with Gasteiger partial charge in [-0.25, -0.2) is 4.79 Å². The van der Waals surface area contributed by atoms with Crippen molar-refractivity contribution in [3.8, 4) is 0 Å². The lowest BCUT2D eigenvalue weighted by molar-refractivity contribution is 0.251. The van der Waals surface area contributed by atoms with Gasteiger partial charge in [-0.05, 0) is 61.8 Å². The fourth-order valence-corrected chi connectivity index (χ4v) is 4.01. The van der Waals surface area contributed by atoms with Crippen LogP contribution >= 0.6 is 46.4 Å². The first kappa shape index (κ1) is 23.5. The van der Waals surface area contributed by atoms with Gasteiger partial charge in [-0.15, -0.1) is 0 Å². The summed E-state index contributed by atoms with van der Waals surface area (Å²) < 4.78 is 0. The number of carbonyl (C=O) groups is 1. The monoisotopic (exact) mass is 488 g/mol. The van der Waals surface area contributed by atoms with Crippen molar-refractivity contribution in [3.63, 3.8) is 0 Å². The highest BCUT2D eigenvalue weighted by Gasteiger charge is 2.17. The molecule has 1 aliphatic rings. The van der Waals surface area contributed by atoms with Crippen LogP contribution in [0.2, 0.25) is 20.1 Å². The second-order valence-electron chi connectivity index (χ2n) is 7.27. The molecule has 0 aromatic heterocycles. The van der Waals surface area contributed by atoms with Crippen molar-refractivity contribution in [2.24, 2.45) is 0 Å². The Kier molecular flexibility index (Phi) is 8.93. The fourth-order valence-electron chi connectivity index (χ4n) is 3.41. The molecule has 2 amide bonds. The summed E-state index contributed by atoms with van der Waals surface area (Å²) in [5.74, 6) is 0.0844. The molecule has 0 spiro atoms. The summed E-state index contributed by atoms with van der Waals surface area (Å²) in [4.78, 5) is 12.4. The minimum Gasteiger partial charge on any atom is -0.337 e. The molecule has 162 valence electrons. The molecule has 1 aliphatic heterocycles. The summed E-state index contributed by atoms with van der Waals surface area (Å²) in [5.41, 5.74) is 1.61. The van der Waals surface area contributed by atoms with Crippen molar-refractivity contribution in [2.45, 2.75) is 24.8 Å². The van der Waals surface area contributed by atoms with E-state index >= 15 is 0 Å². The highest BCUT2D eigenvalue weighted by atomic mass is 35.5. The third-order valence-corrected chi connectivity index (χ3v) is 6.57. The predicted octanol–water partition coefficient (Wildman–Crippen LogP) is 5.55. The standard InChI is InChI=1S/C21H24Cl4N4O/c22-17-3-1-13(9-19(17)24)14(5-8-27-16-6-7-26-12-16)11-28-21(30)29-15-2-4-18(23)20(25)10-15/h1-4,9-10,14,16,26-27H,5-8,11-12H2,(H2,28,29,30). The number of amides is 2. The van der Waals surface area contributed by atoms with Crippen LogP contribution in [0, 0.1) is 0 Å². The van der Waals surface area contributed by atoms with Gasteiger partial charge in [-0.3, -0.25) is 0 Å². The van der Waals surface area contributed by atoms with Crippen LogP contribution in [-0.2, 0) is 0 Å². The van der Waals surface area contributed by atoms with E-state index in [1.807, 2.05) is 12.1 Å². The second-order valence-corrected chi connectivity index (χ2v) is 8.90. The number of anilines is 1. The van der Waals surface area contributed by atoms with Crippen LogP contribution in [-0.4, -0.2) is 38.3 Å². The molecule has 0 saturated carbocycles. The first-order chi connectivity index (χ1) is 14.4. The highest BCUT2D eigenvalue weighted by molar-refractivity contribution is 6.42. The summed E-state index contributed by atoms with van der Waals surface area (Å²) in [6, 6.07) is 10.7. The molecule has 1 heterocycles. The fraction of sp³-hybridized carbons (Fsp3) is 0.381. The Morgan fingerprint density at radius 3 is 2.43 bits per heavy atom.